The van der Waals surface area contributed by atoms with Gasteiger partial charge >= 0.3 is 6.09 Å². The fourth-order valence-electron chi connectivity index (χ4n) is 2.97. The highest BCUT2D eigenvalue weighted by Gasteiger charge is 2.22. The first-order valence-electron chi connectivity index (χ1n) is 9.25. The number of ether oxygens (including phenoxy) is 1. The third kappa shape index (κ3) is 4.88. The van der Waals surface area contributed by atoms with Crippen molar-refractivity contribution >= 4 is 46.1 Å². The molecule has 0 saturated heterocycles. The van der Waals surface area contributed by atoms with Crippen molar-refractivity contribution in [3.05, 3.63) is 40.3 Å². The van der Waals surface area contributed by atoms with Gasteiger partial charge in [0.1, 0.15) is 12.1 Å². The van der Waals surface area contributed by atoms with E-state index in [1.807, 2.05) is 6.07 Å². The standard InChI is InChI=1S/C20H23Cl2N5O3/c1-20(2,3)30-19(29)27(4)10-15(28)23-9-14-16(11-7-24-25-8-11)12-5-6-13(21)17(22)18(12)26-14/h5-8,26H,9-10H2,1-4H3,(H,23,28)(H,24,25). The third-order valence-corrected chi connectivity index (χ3v) is 5.08. The molecule has 3 N–H and O–H groups in total. The number of nitrogens with zero attached hydrogens (tertiary/aromatic N) is 2. The molecular formula is C20H23Cl2N5O3. The first-order valence-corrected chi connectivity index (χ1v) is 10.0. The van der Waals surface area contributed by atoms with Crippen molar-refractivity contribution in [1.82, 2.24) is 25.4 Å². The lowest BCUT2D eigenvalue weighted by Crippen LogP contribution is -2.40. The van der Waals surface area contributed by atoms with Crippen LogP contribution in [0.25, 0.3) is 22.0 Å². The monoisotopic (exact) mass is 451 g/mol. The number of carbonyl (C=O) groups excluding carboxylic acids is 2. The van der Waals surface area contributed by atoms with Crippen LogP contribution in [0.5, 0.6) is 0 Å². The summed E-state index contributed by atoms with van der Waals surface area (Å²) in [6, 6.07) is 3.59. The maximum absolute atomic E-state index is 12.4. The van der Waals surface area contributed by atoms with Crippen LogP contribution in [0.1, 0.15) is 26.5 Å². The minimum absolute atomic E-state index is 0.136. The summed E-state index contributed by atoms with van der Waals surface area (Å²) in [5, 5.41) is 11.3. The van der Waals surface area contributed by atoms with Crippen LogP contribution in [0.3, 0.4) is 0 Å². The lowest BCUT2D eigenvalue weighted by Gasteiger charge is -2.24. The Balaban J connectivity index is 1.77. The molecule has 8 nitrogen and oxygen atoms in total. The number of aromatic nitrogens is 3. The summed E-state index contributed by atoms with van der Waals surface area (Å²) in [7, 11) is 1.51. The van der Waals surface area contributed by atoms with Gasteiger partial charge in [0, 0.05) is 35.5 Å². The lowest BCUT2D eigenvalue weighted by atomic mass is 10.1. The van der Waals surface area contributed by atoms with Crippen molar-refractivity contribution < 1.29 is 14.3 Å². The zero-order chi connectivity index (χ0) is 22.1. The second kappa shape index (κ2) is 8.57. The molecule has 2 aromatic heterocycles. The first-order chi connectivity index (χ1) is 14.1. The number of carbonyl (C=O) groups is 2. The highest BCUT2D eigenvalue weighted by molar-refractivity contribution is 6.45. The maximum Gasteiger partial charge on any atom is 0.410 e. The van der Waals surface area contributed by atoms with Crippen molar-refractivity contribution in [3.8, 4) is 11.1 Å². The van der Waals surface area contributed by atoms with Crippen LogP contribution in [-0.4, -0.2) is 51.3 Å². The van der Waals surface area contributed by atoms with E-state index in [0.717, 1.165) is 22.2 Å². The minimum atomic E-state index is -0.633. The van der Waals surface area contributed by atoms with Crippen LogP contribution in [0.15, 0.2) is 24.5 Å². The highest BCUT2D eigenvalue weighted by Crippen LogP contribution is 2.38. The highest BCUT2D eigenvalue weighted by atomic mass is 35.5. The van der Waals surface area contributed by atoms with E-state index >= 15 is 0 Å². The fourth-order valence-corrected chi connectivity index (χ4v) is 3.34. The van der Waals surface area contributed by atoms with Crippen LogP contribution < -0.4 is 5.32 Å². The summed E-state index contributed by atoms with van der Waals surface area (Å²) in [5.41, 5.74) is 2.49. The van der Waals surface area contributed by atoms with Crippen molar-refractivity contribution in [2.45, 2.75) is 32.9 Å². The predicted octanol–water partition coefficient (Wildman–Crippen LogP) is 4.35. The zero-order valence-corrected chi connectivity index (χ0v) is 18.6. The van der Waals surface area contributed by atoms with E-state index < -0.39 is 11.7 Å². The molecule has 30 heavy (non-hydrogen) atoms. The molecule has 3 aromatic rings. The van der Waals surface area contributed by atoms with Gasteiger partial charge in [0.25, 0.3) is 0 Å². The van der Waals surface area contributed by atoms with E-state index in [1.165, 1.54) is 11.9 Å². The van der Waals surface area contributed by atoms with Gasteiger partial charge in [-0.2, -0.15) is 5.10 Å². The Hall–Kier alpha value is -2.71. The molecule has 0 spiro atoms. The Morgan fingerprint density at radius 3 is 2.63 bits per heavy atom. The molecule has 0 aliphatic rings. The fraction of sp³-hybridized carbons (Fsp3) is 0.350. The van der Waals surface area contributed by atoms with Gasteiger partial charge in [-0.15, -0.1) is 0 Å². The third-order valence-electron chi connectivity index (χ3n) is 4.28. The van der Waals surface area contributed by atoms with E-state index in [1.54, 1.807) is 39.2 Å². The van der Waals surface area contributed by atoms with Gasteiger partial charge in [-0.1, -0.05) is 29.3 Å². The van der Waals surface area contributed by atoms with Crippen molar-refractivity contribution in [3.63, 3.8) is 0 Å². The van der Waals surface area contributed by atoms with Crippen LogP contribution in [0, 0.1) is 0 Å². The number of hydrogen-bond donors (Lipinski definition) is 3. The zero-order valence-electron chi connectivity index (χ0n) is 17.1. The minimum Gasteiger partial charge on any atom is -0.444 e. The van der Waals surface area contributed by atoms with Crippen molar-refractivity contribution in [2.24, 2.45) is 0 Å². The van der Waals surface area contributed by atoms with Gasteiger partial charge in [-0.3, -0.25) is 9.89 Å². The van der Waals surface area contributed by atoms with Crippen LogP contribution in [0.2, 0.25) is 10.0 Å². The smallest absolute Gasteiger partial charge is 0.410 e. The van der Waals surface area contributed by atoms with Gasteiger partial charge in [-0.05, 0) is 26.8 Å². The summed E-state index contributed by atoms with van der Waals surface area (Å²) in [5.74, 6) is -0.329. The number of amides is 2. The number of hydrogen-bond acceptors (Lipinski definition) is 4. The Morgan fingerprint density at radius 2 is 2.00 bits per heavy atom. The Labute approximate surface area is 183 Å². The quantitative estimate of drug-likeness (QED) is 0.536. The largest absolute Gasteiger partial charge is 0.444 e. The predicted molar refractivity (Wildman–Crippen MR) is 117 cm³/mol. The Bertz CT molecular complexity index is 1070. The Morgan fingerprint density at radius 1 is 1.27 bits per heavy atom. The van der Waals surface area contributed by atoms with Crippen LogP contribution in [-0.2, 0) is 16.1 Å². The molecule has 0 atom stereocenters. The molecule has 0 saturated carbocycles. The van der Waals surface area contributed by atoms with E-state index in [2.05, 4.69) is 20.5 Å². The number of H-pyrrole nitrogens is 2. The molecule has 1 aromatic carbocycles. The van der Waals surface area contributed by atoms with Gasteiger partial charge in [0.05, 0.1) is 28.3 Å². The number of fused-ring (bicyclic) bond motifs is 1. The number of aromatic amines is 2. The molecule has 0 fully saturated rings. The molecule has 0 radical (unpaired) electrons. The molecule has 0 aliphatic carbocycles. The maximum atomic E-state index is 12.4. The number of rotatable bonds is 5. The average Bonchev–Trinajstić information content (AvgIpc) is 3.29. The summed E-state index contributed by atoms with van der Waals surface area (Å²) >= 11 is 12.5. The van der Waals surface area contributed by atoms with Crippen molar-refractivity contribution in [1.29, 1.82) is 0 Å². The molecular weight excluding hydrogens is 429 g/mol. The summed E-state index contributed by atoms with van der Waals surface area (Å²) < 4.78 is 5.26. The number of halogens is 2. The van der Waals surface area contributed by atoms with Gasteiger partial charge < -0.3 is 19.9 Å². The summed E-state index contributed by atoms with van der Waals surface area (Å²) in [4.78, 5) is 28.9. The summed E-state index contributed by atoms with van der Waals surface area (Å²) in [6.45, 7) is 5.36. The topological polar surface area (TPSA) is 103 Å². The lowest BCUT2D eigenvalue weighted by molar-refractivity contribution is -0.122. The average molecular weight is 452 g/mol. The molecule has 3 rings (SSSR count). The van der Waals surface area contributed by atoms with E-state index in [0.29, 0.717) is 15.6 Å². The molecule has 0 aliphatic heterocycles. The van der Waals surface area contributed by atoms with Gasteiger partial charge in [-0.25, -0.2) is 4.79 Å². The molecule has 2 heterocycles. The van der Waals surface area contributed by atoms with E-state index in [9.17, 15) is 9.59 Å². The number of nitrogens with one attached hydrogen (secondary N) is 3. The van der Waals surface area contributed by atoms with Gasteiger partial charge in [0.15, 0.2) is 0 Å². The molecule has 0 unspecified atom stereocenters. The molecule has 10 heteroatoms. The molecule has 2 amide bonds. The summed E-state index contributed by atoms with van der Waals surface area (Å²) in [6.07, 6.45) is 2.88. The second-order valence-corrected chi connectivity index (χ2v) is 8.65. The molecule has 0 bridgehead atoms. The molecule has 160 valence electrons. The van der Waals surface area contributed by atoms with E-state index in [4.69, 9.17) is 27.9 Å². The van der Waals surface area contributed by atoms with Crippen LogP contribution >= 0.6 is 23.2 Å². The SMILES string of the molecule is CN(CC(=O)NCc1[nH]c2c(Cl)c(Cl)ccc2c1-c1cn[nH]c1)C(=O)OC(C)(C)C. The Kier molecular flexibility index (Phi) is 6.28. The van der Waals surface area contributed by atoms with E-state index in [-0.39, 0.29) is 19.0 Å². The van der Waals surface area contributed by atoms with Crippen molar-refractivity contribution in [2.75, 3.05) is 13.6 Å². The van der Waals surface area contributed by atoms with Crippen LogP contribution in [0.4, 0.5) is 4.79 Å². The number of likely N-dealkylation sites (N-methyl/N-ethyl adjacent to an activating group) is 1. The first kappa shape index (κ1) is 22.0. The normalized spacial score (nSPS) is 11.5. The number of benzene rings is 1. The second-order valence-electron chi connectivity index (χ2n) is 7.86. The van der Waals surface area contributed by atoms with Gasteiger partial charge in [0.2, 0.25) is 5.91 Å².